The van der Waals surface area contributed by atoms with E-state index in [0.717, 1.165) is 18.4 Å². The van der Waals surface area contributed by atoms with Crippen LogP contribution in [0.1, 0.15) is 35.2 Å². The quantitative estimate of drug-likeness (QED) is 0.875. The first-order valence-electron chi connectivity index (χ1n) is 7.36. The Morgan fingerprint density at radius 3 is 2.86 bits per heavy atom. The van der Waals surface area contributed by atoms with E-state index in [9.17, 15) is 14.0 Å². The van der Waals surface area contributed by atoms with Gasteiger partial charge in [0.2, 0.25) is 0 Å². The van der Waals surface area contributed by atoms with Crippen LogP contribution < -0.4 is 0 Å². The van der Waals surface area contributed by atoms with Gasteiger partial charge in [0, 0.05) is 19.7 Å². The molecule has 1 atom stereocenters. The third-order valence-corrected chi connectivity index (χ3v) is 3.68. The van der Waals surface area contributed by atoms with Crippen molar-refractivity contribution in [2.75, 3.05) is 19.7 Å². The summed E-state index contributed by atoms with van der Waals surface area (Å²) in [6.07, 6.45) is 1.47. The summed E-state index contributed by atoms with van der Waals surface area (Å²) in [6.45, 7) is 2.75. The second-order valence-corrected chi connectivity index (χ2v) is 5.51. The Balaban J connectivity index is 2.16. The van der Waals surface area contributed by atoms with Gasteiger partial charge in [-0.3, -0.25) is 9.59 Å². The van der Waals surface area contributed by atoms with E-state index in [1.807, 2.05) is 0 Å². The molecule has 1 amide bonds. The van der Waals surface area contributed by atoms with E-state index in [1.54, 1.807) is 13.0 Å². The fraction of sp³-hybridized carbons (Fsp3) is 0.500. The second kappa shape index (κ2) is 7.35. The summed E-state index contributed by atoms with van der Waals surface area (Å²) >= 11 is 0. The van der Waals surface area contributed by atoms with Crippen LogP contribution in [0, 0.1) is 12.7 Å². The largest absolute Gasteiger partial charge is 0.481 e. The summed E-state index contributed by atoms with van der Waals surface area (Å²) in [5.41, 5.74) is 0.753. The molecule has 1 aromatic rings. The van der Waals surface area contributed by atoms with E-state index in [-0.39, 0.29) is 24.6 Å². The van der Waals surface area contributed by atoms with Gasteiger partial charge in [0.05, 0.1) is 18.1 Å². The van der Waals surface area contributed by atoms with Gasteiger partial charge in [-0.15, -0.1) is 0 Å². The van der Waals surface area contributed by atoms with Crippen molar-refractivity contribution >= 4 is 11.9 Å². The number of amides is 1. The molecular formula is C16H20FNO4. The van der Waals surface area contributed by atoms with E-state index >= 15 is 0 Å². The molecule has 1 fully saturated rings. The molecule has 1 aliphatic rings. The minimum atomic E-state index is -0.991. The molecule has 120 valence electrons. The van der Waals surface area contributed by atoms with Crippen molar-refractivity contribution in [3.05, 3.63) is 35.1 Å². The first-order chi connectivity index (χ1) is 10.5. The smallest absolute Gasteiger partial charge is 0.305 e. The standard InChI is InChI=1S/C16H20FNO4/c1-11-4-5-14(17)13(9-11)16(21)18(7-6-15(19)20)10-12-3-2-8-22-12/h4-5,9,12H,2-3,6-8,10H2,1H3,(H,19,20)/t12-/m0/s1. The highest BCUT2D eigenvalue weighted by Gasteiger charge is 2.25. The molecule has 0 radical (unpaired) electrons. The first-order valence-corrected chi connectivity index (χ1v) is 7.36. The number of carbonyl (C=O) groups excluding carboxylic acids is 1. The number of nitrogens with zero attached hydrogens (tertiary/aromatic N) is 1. The van der Waals surface area contributed by atoms with Gasteiger partial charge in [0.1, 0.15) is 5.82 Å². The average Bonchev–Trinajstić information content (AvgIpc) is 2.98. The minimum Gasteiger partial charge on any atom is -0.481 e. The van der Waals surface area contributed by atoms with Crippen molar-refractivity contribution in [3.63, 3.8) is 0 Å². The number of halogens is 1. The van der Waals surface area contributed by atoms with E-state index in [2.05, 4.69) is 0 Å². The van der Waals surface area contributed by atoms with Gasteiger partial charge in [-0.2, -0.15) is 0 Å². The lowest BCUT2D eigenvalue weighted by molar-refractivity contribution is -0.137. The van der Waals surface area contributed by atoms with Crippen molar-refractivity contribution in [2.45, 2.75) is 32.3 Å². The summed E-state index contributed by atoms with van der Waals surface area (Å²) in [5, 5.41) is 8.83. The molecule has 1 N–H and O–H groups in total. The lowest BCUT2D eigenvalue weighted by Gasteiger charge is -2.25. The van der Waals surface area contributed by atoms with Crippen LogP contribution in [0.4, 0.5) is 4.39 Å². The predicted molar refractivity (Wildman–Crippen MR) is 78.3 cm³/mol. The number of aryl methyl sites for hydroxylation is 1. The predicted octanol–water partition coefficient (Wildman–Crippen LogP) is 2.23. The van der Waals surface area contributed by atoms with E-state index in [4.69, 9.17) is 9.84 Å². The van der Waals surface area contributed by atoms with E-state index in [1.165, 1.54) is 17.0 Å². The zero-order chi connectivity index (χ0) is 16.1. The molecular weight excluding hydrogens is 289 g/mol. The van der Waals surface area contributed by atoms with Crippen LogP contribution in [-0.4, -0.2) is 47.7 Å². The highest BCUT2D eigenvalue weighted by Crippen LogP contribution is 2.17. The zero-order valence-corrected chi connectivity index (χ0v) is 12.5. The van der Waals surface area contributed by atoms with Crippen molar-refractivity contribution in [3.8, 4) is 0 Å². The topological polar surface area (TPSA) is 66.8 Å². The molecule has 0 unspecified atom stereocenters. The van der Waals surface area contributed by atoms with Crippen molar-refractivity contribution < 1.29 is 23.8 Å². The summed E-state index contributed by atoms with van der Waals surface area (Å²) in [7, 11) is 0. The van der Waals surface area contributed by atoms with Crippen LogP contribution >= 0.6 is 0 Å². The Morgan fingerprint density at radius 2 is 2.23 bits per heavy atom. The van der Waals surface area contributed by atoms with Crippen LogP contribution in [0.15, 0.2) is 18.2 Å². The van der Waals surface area contributed by atoms with Gasteiger partial charge in [0.25, 0.3) is 5.91 Å². The maximum atomic E-state index is 13.9. The molecule has 0 bridgehead atoms. The number of rotatable bonds is 6. The number of carboxylic acid groups (broad SMARTS) is 1. The Morgan fingerprint density at radius 1 is 1.45 bits per heavy atom. The molecule has 1 saturated heterocycles. The Labute approximate surface area is 128 Å². The van der Waals surface area contributed by atoms with Gasteiger partial charge in [-0.1, -0.05) is 11.6 Å². The third-order valence-electron chi connectivity index (χ3n) is 3.68. The highest BCUT2D eigenvalue weighted by molar-refractivity contribution is 5.94. The normalized spacial score (nSPS) is 17.5. The van der Waals surface area contributed by atoms with E-state index < -0.39 is 17.7 Å². The second-order valence-electron chi connectivity index (χ2n) is 5.51. The highest BCUT2D eigenvalue weighted by atomic mass is 19.1. The van der Waals surface area contributed by atoms with Gasteiger partial charge >= 0.3 is 5.97 Å². The summed E-state index contributed by atoms with van der Waals surface area (Å²) in [4.78, 5) is 24.7. The molecule has 0 aromatic heterocycles. The molecule has 1 aromatic carbocycles. The molecule has 0 spiro atoms. The lowest BCUT2D eigenvalue weighted by Crippen LogP contribution is -2.39. The number of hydrogen-bond donors (Lipinski definition) is 1. The number of aliphatic carboxylic acids is 1. The molecule has 0 saturated carbocycles. The van der Waals surface area contributed by atoms with Crippen molar-refractivity contribution in [1.29, 1.82) is 0 Å². The monoisotopic (exact) mass is 309 g/mol. The first kappa shape index (κ1) is 16.4. The van der Waals surface area contributed by atoms with Crippen molar-refractivity contribution in [2.24, 2.45) is 0 Å². The molecule has 22 heavy (non-hydrogen) atoms. The summed E-state index contributed by atoms with van der Waals surface area (Å²) in [5.74, 6) is -2.07. The van der Waals surface area contributed by atoms with Crippen LogP contribution in [0.2, 0.25) is 0 Å². The number of hydrogen-bond acceptors (Lipinski definition) is 3. The van der Waals surface area contributed by atoms with Crippen LogP contribution in [0.3, 0.4) is 0 Å². The van der Waals surface area contributed by atoms with Gasteiger partial charge in [-0.25, -0.2) is 4.39 Å². The number of ether oxygens (including phenoxy) is 1. The molecule has 2 rings (SSSR count). The number of carbonyl (C=O) groups is 2. The Bertz CT molecular complexity index is 555. The zero-order valence-electron chi connectivity index (χ0n) is 12.5. The van der Waals surface area contributed by atoms with Gasteiger partial charge in [0.15, 0.2) is 0 Å². The molecule has 0 aliphatic carbocycles. The Hall–Kier alpha value is -1.95. The van der Waals surface area contributed by atoms with Gasteiger partial charge < -0.3 is 14.7 Å². The van der Waals surface area contributed by atoms with Crippen LogP contribution in [0.25, 0.3) is 0 Å². The molecule has 6 heteroatoms. The number of carboxylic acids is 1. The third kappa shape index (κ3) is 4.27. The van der Waals surface area contributed by atoms with Gasteiger partial charge in [-0.05, 0) is 31.9 Å². The van der Waals surface area contributed by atoms with E-state index in [0.29, 0.717) is 13.2 Å². The minimum absolute atomic E-state index is 0.0246. The van der Waals surface area contributed by atoms with Crippen LogP contribution in [0.5, 0.6) is 0 Å². The summed E-state index contributed by atoms with van der Waals surface area (Å²) < 4.78 is 19.4. The van der Waals surface area contributed by atoms with Crippen molar-refractivity contribution in [1.82, 2.24) is 4.90 Å². The fourth-order valence-corrected chi connectivity index (χ4v) is 2.51. The molecule has 1 heterocycles. The summed E-state index contributed by atoms with van der Waals surface area (Å²) in [6, 6.07) is 4.33. The molecule has 1 aliphatic heterocycles. The fourth-order valence-electron chi connectivity index (χ4n) is 2.51. The SMILES string of the molecule is Cc1ccc(F)c(C(=O)N(CCC(=O)O)C[C@@H]2CCCO2)c1. The lowest BCUT2D eigenvalue weighted by atomic mass is 10.1. The average molecular weight is 309 g/mol. The van der Waals surface area contributed by atoms with Crippen LogP contribution in [-0.2, 0) is 9.53 Å². The maximum Gasteiger partial charge on any atom is 0.305 e. The maximum absolute atomic E-state index is 13.9. The molecule has 5 nitrogen and oxygen atoms in total. The Kier molecular flexibility index (Phi) is 5.49. The number of benzene rings is 1.